The van der Waals surface area contributed by atoms with E-state index in [-0.39, 0.29) is 11.5 Å². The summed E-state index contributed by atoms with van der Waals surface area (Å²) in [6.45, 7) is 5.39. The molecule has 118 valence electrons. The minimum absolute atomic E-state index is 0.209. The van der Waals surface area contributed by atoms with Gasteiger partial charge in [0.2, 0.25) is 0 Å². The highest BCUT2D eigenvalue weighted by atomic mass is 16.3. The summed E-state index contributed by atoms with van der Waals surface area (Å²) < 4.78 is 0. The number of phenols is 2. The first kappa shape index (κ1) is 15.1. The number of hydrogen-bond acceptors (Lipinski definition) is 4. The number of imidazole rings is 1. The first-order valence-electron chi connectivity index (χ1n) is 7.47. The molecular weight excluding hydrogens is 290 g/mol. The minimum Gasteiger partial charge on any atom is -0.507 e. The van der Waals surface area contributed by atoms with E-state index in [1.807, 2.05) is 24.3 Å². The van der Waals surface area contributed by atoms with Crippen molar-refractivity contribution in [1.29, 1.82) is 0 Å². The second-order valence-electron chi connectivity index (χ2n) is 5.65. The summed E-state index contributed by atoms with van der Waals surface area (Å²) in [5, 5.41) is 20.4. The average Bonchev–Trinajstić information content (AvgIpc) is 2.97. The van der Waals surface area contributed by atoms with Crippen molar-refractivity contribution in [1.82, 2.24) is 15.0 Å². The lowest BCUT2D eigenvalue weighted by atomic mass is 9.97. The summed E-state index contributed by atoms with van der Waals surface area (Å²) in [5.41, 5.74) is 4.31. The van der Waals surface area contributed by atoms with Gasteiger partial charge in [0, 0.05) is 23.7 Å². The maximum absolute atomic E-state index is 10.3. The number of aromatic nitrogens is 3. The van der Waals surface area contributed by atoms with Crippen LogP contribution >= 0.6 is 0 Å². The fourth-order valence-electron chi connectivity index (χ4n) is 2.63. The Bertz CT molecular complexity index is 848. The Balaban J connectivity index is 1.88. The van der Waals surface area contributed by atoms with Crippen LogP contribution in [-0.4, -0.2) is 25.2 Å². The highest BCUT2D eigenvalue weighted by Gasteiger charge is 2.14. The molecule has 5 nitrogen and oxygen atoms in total. The van der Waals surface area contributed by atoms with Crippen LogP contribution in [0, 0.1) is 20.8 Å². The molecule has 0 aliphatic rings. The molecule has 0 unspecified atom stereocenters. The molecule has 0 aliphatic carbocycles. The number of hydrogen-bond donors (Lipinski definition) is 3. The van der Waals surface area contributed by atoms with Crippen LogP contribution < -0.4 is 0 Å². The van der Waals surface area contributed by atoms with Gasteiger partial charge < -0.3 is 15.2 Å². The number of nitrogens with one attached hydrogen (secondary N) is 1. The highest BCUT2D eigenvalue weighted by Crippen LogP contribution is 2.36. The van der Waals surface area contributed by atoms with E-state index in [1.165, 1.54) is 0 Å². The zero-order valence-electron chi connectivity index (χ0n) is 13.4. The molecular formula is C18H19N3O2. The largest absolute Gasteiger partial charge is 0.507 e. The van der Waals surface area contributed by atoms with E-state index >= 15 is 0 Å². The molecule has 0 saturated heterocycles. The van der Waals surface area contributed by atoms with Gasteiger partial charge in [0.15, 0.2) is 5.65 Å². The Morgan fingerprint density at radius 2 is 1.83 bits per heavy atom. The molecule has 3 N–H and O–H groups in total. The quantitative estimate of drug-likeness (QED) is 0.646. The lowest BCUT2D eigenvalue weighted by Crippen LogP contribution is -1.92. The Kier molecular flexibility index (Phi) is 3.78. The van der Waals surface area contributed by atoms with Gasteiger partial charge in [-0.3, -0.25) is 0 Å². The van der Waals surface area contributed by atoms with Crippen molar-refractivity contribution in [3.8, 4) is 11.5 Å². The molecule has 0 bridgehead atoms. The van der Waals surface area contributed by atoms with Crippen LogP contribution in [0.3, 0.4) is 0 Å². The molecule has 0 atom stereocenters. The Morgan fingerprint density at radius 1 is 1.09 bits per heavy atom. The molecule has 5 heteroatoms. The number of nitrogens with zero attached hydrogens (tertiary/aromatic N) is 2. The number of aromatic hydroxyl groups is 2. The van der Waals surface area contributed by atoms with Crippen molar-refractivity contribution >= 4 is 17.2 Å². The monoisotopic (exact) mass is 309 g/mol. The maximum Gasteiger partial charge on any atom is 0.177 e. The van der Waals surface area contributed by atoms with Crippen LogP contribution in [0.1, 0.15) is 28.1 Å². The minimum atomic E-state index is 0.209. The number of aromatic amines is 1. The van der Waals surface area contributed by atoms with Crippen LogP contribution in [-0.2, 0) is 6.42 Å². The number of benzene rings is 1. The number of H-pyrrole nitrogens is 1. The first-order chi connectivity index (χ1) is 11.0. The fourth-order valence-corrected chi connectivity index (χ4v) is 2.63. The summed E-state index contributed by atoms with van der Waals surface area (Å²) in [4.78, 5) is 11.8. The third-order valence-electron chi connectivity index (χ3n) is 4.19. The molecule has 1 aromatic carbocycles. The van der Waals surface area contributed by atoms with Crippen LogP contribution in [0.15, 0.2) is 24.4 Å². The Hall–Kier alpha value is -2.82. The van der Waals surface area contributed by atoms with Gasteiger partial charge in [-0.15, -0.1) is 0 Å². The third kappa shape index (κ3) is 2.65. The third-order valence-corrected chi connectivity index (χ3v) is 4.19. The van der Waals surface area contributed by atoms with Crippen molar-refractivity contribution in [2.75, 3.05) is 0 Å². The van der Waals surface area contributed by atoms with E-state index in [1.54, 1.807) is 27.0 Å². The van der Waals surface area contributed by atoms with Gasteiger partial charge >= 0.3 is 0 Å². The molecule has 0 saturated carbocycles. The van der Waals surface area contributed by atoms with Crippen LogP contribution in [0.2, 0.25) is 0 Å². The SMILES string of the molecule is Cc1c(C)c(O)c(/C=C/Cc2nc3ncccc3[nH]2)c(C)c1O. The fraction of sp³-hybridized carbons (Fsp3) is 0.222. The molecule has 0 aliphatic heterocycles. The van der Waals surface area contributed by atoms with E-state index in [2.05, 4.69) is 15.0 Å². The summed E-state index contributed by atoms with van der Waals surface area (Å²) in [5.74, 6) is 1.24. The van der Waals surface area contributed by atoms with Gasteiger partial charge in [0.25, 0.3) is 0 Å². The van der Waals surface area contributed by atoms with E-state index in [4.69, 9.17) is 0 Å². The topological polar surface area (TPSA) is 82.0 Å². The predicted molar refractivity (Wildman–Crippen MR) is 90.6 cm³/mol. The van der Waals surface area contributed by atoms with Crippen LogP contribution in [0.4, 0.5) is 0 Å². The summed E-state index contributed by atoms with van der Waals surface area (Å²) in [6.07, 6.45) is 6.02. The van der Waals surface area contributed by atoms with Gasteiger partial charge in [0.05, 0.1) is 5.52 Å². The van der Waals surface area contributed by atoms with E-state index in [0.29, 0.717) is 34.3 Å². The standard InChI is InChI=1S/C18H19N3O2/c1-10-11(2)17(23)13(12(3)16(10)22)6-4-8-15-20-14-7-5-9-19-18(14)21-15/h4-7,9,22-23H,8H2,1-3H3,(H,19,20,21)/b6-4+. The molecule has 2 heterocycles. The maximum atomic E-state index is 10.3. The summed E-state index contributed by atoms with van der Waals surface area (Å²) in [6, 6.07) is 3.79. The van der Waals surface area contributed by atoms with E-state index in [9.17, 15) is 10.2 Å². The van der Waals surface area contributed by atoms with Crippen molar-refractivity contribution in [3.63, 3.8) is 0 Å². The van der Waals surface area contributed by atoms with Gasteiger partial charge in [-0.25, -0.2) is 9.97 Å². The number of rotatable bonds is 3. The van der Waals surface area contributed by atoms with Gasteiger partial charge in [-0.05, 0) is 44.0 Å². The molecule has 3 rings (SSSR count). The van der Waals surface area contributed by atoms with Crippen LogP contribution in [0.5, 0.6) is 11.5 Å². The molecule has 0 radical (unpaired) electrons. The Labute approximate surface area is 134 Å². The number of pyridine rings is 1. The van der Waals surface area contributed by atoms with Crippen LogP contribution in [0.25, 0.3) is 17.2 Å². The summed E-state index contributed by atoms with van der Waals surface area (Å²) >= 11 is 0. The van der Waals surface area contributed by atoms with Crippen molar-refractivity contribution in [3.05, 3.63) is 52.5 Å². The average molecular weight is 309 g/mol. The molecule has 0 amide bonds. The van der Waals surface area contributed by atoms with Crippen molar-refractivity contribution < 1.29 is 10.2 Å². The smallest absolute Gasteiger partial charge is 0.177 e. The molecule has 0 fully saturated rings. The van der Waals surface area contributed by atoms with Crippen molar-refractivity contribution in [2.45, 2.75) is 27.2 Å². The highest BCUT2D eigenvalue weighted by molar-refractivity contribution is 5.70. The lowest BCUT2D eigenvalue weighted by molar-refractivity contribution is 0.448. The molecule has 0 spiro atoms. The molecule has 2 aromatic heterocycles. The second-order valence-corrected chi connectivity index (χ2v) is 5.65. The number of allylic oxidation sites excluding steroid dienone is 1. The number of fused-ring (bicyclic) bond motifs is 1. The van der Waals surface area contributed by atoms with E-state index < -0.39 is 0 Å². The normalized spacial score (nSPS) is 11.6. The van der Waals surface area contributed by atoms with Gasteiger partial charge in [-0.2, -0.15) is 0 Å². The molecule has 3 aromatic rings. The van der Waals surface area contributed by atoms with E-state index in [0.717, 1.165) is 11.3 Å². The zero-order valence-corrected chi connectivity index (χ0v) is 13.4. The van der Waals surface area contributed by atoms with Crippen molar-refractivity contribution in [2.24, 2.45) is 0 Å². The summed E-state index contributed by atoms with van der Waals surface area (Å²) in [7, 11) is 0. The Morgan fingerprint density at radius 3 is 2.57 bits per heavy atom. The second kappa shape index (κ2) is 5.76. The van der Waals surface area contributed by atoms with Gasteiger partial charge in [0.1, 0.15) is 17.3 Å². The molecule has 23 heavy (non-hydrogen) atoms. The lowest BCUT2D eigenvalue weighted by Gasteiger charge is -2.13. The number of phenolic OH excluding ortho intramolecular Hbond substituents is 2. The first-order valence-corrected chi connectivity index (χ1v) is 7.47. The predicted octanol–water partition coefficient (Wildman–Crippen LogP) is 3.55. The zero-order chi connectivity index (χ0) is 16.6. The van der Waals surface area contributed by atoms with Gasteiger partial charge in [-0.1, -0.05) is 12.2 Å².